The first-order chi connectivity index (χ1) is 11.7. The summed E-state index contributed by atoms with van der Waals surface area (Å²) >= 11 is 2.33. The van der Waals surface area contributed by atoms with Crippen LogP contribution in [0.25, 0.3) is 0 Å². The molecule has 0 bridgehead atoms. The van der Waals surface area contributed by atoms with E-state index in [1.807, 2.05) is 42.5 Å². The molecule has 0 radical (unpaired) electrons. The van der Waals surface area contributed by atoms with E-state index in [4.69, 9.17) is 4.74 Å². The lowest BCUT2D eigenvalue weighted by molar-refractivity contribution is 0.0907. The van der Waals surface area contributed by atoms with Gasteiger partial charge in [0, 0.05) is 16.5 Å². The van der Waals surface area contributed by atoms with Gasteiger partial charge in [0.05, 0.1) is 0 Å². The molecule has 0 aliphatic heterocycles. The molecule has 0 aromatic heterocycles. The highest BCUT2D eigenvalue weighted by Crippen LogP contribution is 2.17. The summed E-state index contributed by atoms with van der Waals surface area (Å²) in [5.41, 5.74) is 2.30. The third kappa shape index (κ3) is 6.51. The van der Waals surface area contributed by atoms with Gasteiger partial charge in [-0.15, -0.1) is 0 Å². The lowest BCUT2D eigenvalue weighted by Gasteiger charge is -2.19. The average Bonchev–Trinajstić information content (AvgIpc) is 2.60. The van der Waals surface area contributed by atoms with Crippen LogP contribution in [0, 0.1) is 3.57 Å². The molecule has 0 unspecified atom stereocenters. The summed E-state index contributed by atoms with van der Waals surface area (Å²) in [6, 6.07) is 18.1. The first kappa shape index (κ1) is 18.8. The first-order valence-corrected chi connectivity index (χ1v) is 9.48. The number of benzene rings is 2. The van der Waals surface area contributed by atoms with Crippen molar-refractivity contribution in [2.24, 2.45) is 0 Å². The second-order valence-electron chi connectivity index (χ2n) is 5.80. The molecule has 0 fully saturated rings. The zero-order valence-corrected chi connectivity index (χ0v) is 16.2. The molecule has 1 amide bonds. The van der Waals surface area contributed by atoms with Gasteiger partial charge in [-0.3, -0.25) is 0 Å². The molecule has 2 rings (SSSR count). The highest BCUT2D eigenvalue weighted by Gasteiger charge is 2.16. The topological polar surface area (TPSA) is 38.3 Å². The maximum Gasteiger partial charge on any atom is 0.407 e. The summed E-state index contributed by atoms with van der Waals surface area (Å²) in [4.78, 5) is 12.1. The number of nitrogens with one attached hydrogen (secondary N) is 1. The van der Waals surface area contributed by atoms with E-state index in [0.717, 1.165) is 31.2 Å². The van der Waals surface area contributed by atoms with Gasteiger partial charge in [0.2, 0.25) is 0 Å². The molecule has 0 spiro atoms. The van der Waals surface area contributed by atoms with Gasteiger partial charge in [-0.25, -0.2) is 4.79 Å². The Bertz CT molecular complexity index is 631. The van der Waals surface area contributed by atoms with Crippen molar-refractivity contribution in [1.82, 2.24) is 5.32 Å². The minimum atomic E-state index is -0.342. The van der Waals surface area contributed by atoms with E-state index in [1.54, 1.807) is 0 Å². The zero-order valence-electron chi connectivity index (χ0n) is 14.0. The normalized spacial score (nSPS) is 11.8. The van der Waals surface area contributed by atoms with Crippen molar-refractivity contribution in [2.75, 3.05) is 0 Å². The van der Waals surface area contributed by atoms with Crippen LogP contribution < -0.4 is 5.32 Å². The predicted octanol–water partition coefficient (Wildman–Crippen LogP) is 5.32. The van der Waals surface area contributed by atoms with Crippen LogP contribution >= 0.6 is 22.6 Å². The Morgan fingerprint density at radius 3 is 2.54 bits per heavy atom. The molecule has 1 N–H and O–H groups in total. The van der Waals surface area contributed by atoms with E-state index in [-0.39, 0.29) is 12.2 Å². The van der Waals surface area contributed by atoms with Gasteiger partial charge in [0.1, 0.15) is 6.10 Å². The van der Waals surface area contributed by atoms with Crippen molar-refractivity contribution in [3.05, 3.63) is 69.3 Å². The minimum Gasteiger partial charge on any atom is -0.446 e. The molecule has 0 aliphatic rings. The molecular weight excluding hydrogens is 413 g/mol. The molecule has 3 nitrogen and oxygen atoms in total. The summed E-state index contributed by atoms with van der Waals surface area (Å²) < 4.78 is 6.89. The highest BCUT2D eigenvalue weighted by molar-refractivity contribution is 14.1. The van der Waals surface area contributed by atoms with E-state index in [9.17, 15) is 4.79 Å². The monoisotopic (exact) mass is 437 g/mol. The molecule has 4 heteroatoms. The fourth-order valence-electron chi connectivity index (χ4n) is 2.51. The van der Waals surface area contributed by atoms with Gasteiger partial charge < -0.3 is 10.1 Å². The number of halogens is 1. The summed E-state index contributed by atoms with van der Waals surface area (Å²) in [7, 11) is 0. The number of hydrogen-bond acceptors (Lipinski definition) is 2. The van der Waals surface area contributed by atoms with Crippen molar-refractivity contribution in [3.63, 3.8) is 0 Å². The summed E-state index contributed by atoms with van der Waals surface area (Å²) in [6.07, 6.45) is 3.37. The Balaban J connectivity index is 1.90. The van der Waals surface area contributed by atoms with Crippen LogP contribution in [0.3, 0.4) is 0 Å². The Morgan fingerprint density at radius 1 is 1.12 bits per heavy atom. The Hall–Kier alpha value is -1.56. The Kier molecular flexibility index (Phi) is 8.08. The summed E-state index contributed by atoms with van der Waals surface area (Å²) in [6.45, 7) is 2.64. The van der Waals surface area contributed by atoms with Crippen LogP contribution in [0.5, 0.6) is 0 Å². The van der Waals surface area contributed by atoms with Crippen LogP contribution in [0.4, 0.5) is 4.79 Å². The minimum absolute atomic E-state index is 0.0864. The van der Waals surface area contributed by atoms with Gasteiger partial charge in [0.25, 0.3) is 0 Å². The number of hydrogen-bond donors (Lipinski definition) is 1. The van der Waals surface area contributed by atoms with Crippen molar-refractivity contribution < 1.29 is 9.53 Å². The molecule has 0 saturated carbocycles. The first-order valence-electron chi connectivity index (χ1n) is 8.41. The van der Waals surface area contributed by atoms with E-state index < -0.39 is 0 Å². The van der Waals surface area contributed by atoms with E-state index in [1.165, 1.54) is 9.13 Å². The number of carbonyl (C=O) groups excluding carboxylic acids is 1. The number of carbonyl (C=O) groups is 1. The number of rotatable bonds is 8. The number of amides is 1. The van der Waals surface area contributed by atoms with Crippen molar-refractivity contribution in [3.8, 4) is 0 Å². The fraction of sp³-hybridized carbons (Fsp3) is 0.350. The fourth-order valence-corrected chi connectivity index (χ4v) is 3.11. The summed E-state index contributed by atoms with van der Waals surface area (Å²) in [5.74, 6) is 0. The molecule has 24 heavy (non-hydrogen) atoms. The van der Waals surface area contributed by atoms with Crippen LogP contribution in [0.1, 0.15) is 37.3 Å². The average molecular weight is 437 g/mol. The van der Waals surface area contributed by atoms with E-state index in [2.05, 4.69) is 47.0 Å². The van der Waals surface area contributed by atoms with Crippen molar-refractivity contribution >= 4 is 28.7 Å². The standard InChI is InChI=1S/C20H24INO2/c1-2-3-12-18(14-17-11-7-8-13-19(17)21)24-20(23)22-15-16-9-5-4-6-10-16/h4-11,13,18H,2-3,12,14-15H2,1H3,(H,22,23)/t18-/m0/s1. The molecular formula is C20H24INO2. The third-order valence-electron chi connectivity index (χ3n) is 3.84. The van der Waals surface area contributed by atoms with Crippen LogP contribution in [0.2, 0.25) is 0 Å². The SMILES string of the molecule is CCCC[C@@H](Cc1ccccc1I)OC(=O)NCc1ccccc1. The molecule has 0 heterocycles. The number of alkyl carbamates (subject to hydrolysis) is 1. The lowest BCUT2D eigenvalue weighted by atomic mass is 10.0. The number of ether oxygens (including phenoxy) is 1. The predicted molar refractivity (Wildman–Crippen MR) is 106 cm³/mol. The quantitative estimate of drug-likeness (QED) is 0.568. The molecule has 1 atom stereocenters. The second-order valence-corrected chi connectivity index (χ2v) is 6.97. The van der Waals surface area contributed by atoms with Gasteiger partial charge >= 0.3 is 6.09 Å². The van der Waals surface area contributed by atoms with Crippen LogP contribution in [-0.2, 0) is 17.7 Å². The lowest BCUT2D eigenvalue weighted by Crippen LogP contribution is -2.30. The molecule has 2 aromatic rings. The van der Waals surface area contributed by atoms with Gasteiger partial charge in [0.15, 0.2) is 0 Å². The molecule has 0 saturated heterocycles. The third-order valence-corrected chi connectivity index (χ3v) is 4.89. The maximum absolute atomic E-state index is 12.1. The van der Waals surface area contributed by atoms with E-state index >= 15 is 0 Å². The maximum atomic E-state index is 12.1. The van der Waals surface area contributed by atoms with E-state index in [0.29, 0.717) is 6.54 Å². The molecule has 128 valence electrons. The van der Waals surface area contributed by atoms with Crippen molar-refractivity contribution in [2.45, 2.75) is 45.3 Å². The summed E-state index contributed by atoms with van der Waals surface area (Å²) in [5, 5.41) is 2.84. The molecule has 0 aliphatic carbocycles. The van der Waals surface area contributed by atoms with Crippen LogP contribution in [-0.4, -0.2) is 12.2 Å². The Morgan fingerprint density at radius 2 is 1.83 bits per heavy atom. The number of unbranched alkanes of at least 4 members (excludes halogenated alkanes) is 1. The van der Waals surface area contributed by atoms with Crippen molar-refractivity contribution in [1.29, 1.82) is 0 Å². The largest absolute Gasteiger partial charge is 0.446 e. The zero-order chi connectivity index (χ0) is 17.2. The van der Waals surface area contributed by atoms with Gasteiger partial charge in [-0.05, 0) is 46.2 Å². The van der Waals surface area contributed by atoms with Gasteiger partial charge in [-0.1, -0.05) is 68.3 Å². The van der Waals surface area contributed by atoms with Crippen LogP contribution in [0.15, 0.2) is 54.6 Å². The smallest absolute Gasteiger partial charge is 0.407 e. The Labute approximate surface area is 157 Å². The van der Waals surface area contributed by atoms with Gasteiger partial charge in [-0.2, -0.15) is 0 Å². The second kappa shape index (κ2) is 10.3. The highest BCUT2D eigenvalue weighted by atomic mass is 127. The molecule has 2 aromatic carbocycles.